The van der Waals surface area contributed by atoms with Crippen molar-refractivity contribution < 1.29 is 22.6 Å². The molecule has 0 amide bonds. The largest absolute Gasteiger partial charge is 0.298 e. The van der Waals surface area contributed by atoms with Crippen molar-refractivity contribution in [2.24, 2.45) is 0 Å². The highest BCUT2D eigenvalue weighted by Crippen LogP contribution is 2.15. The molecule has 0 radical (unpaired) electrons. The number of hydrogen-bond donors (Lipinski definition) is 1. The minimum atomic E-state index is -4.59. The minimum absolute atomic E-state index is 0.317. The average molecular weight is 202 g/mol. The molecule has 0 bridgehead atoms. The molecule has 0 fully saturated rings. The summed E-state index contributed by atoms with van der Waals surface area (Å²) < 4.78 is 29.7. The zero-order chi connectivity index (χ0) is 10.2. The SMILES string of the molecule is CC1=CC(=O)C(=O)C(S(=O)(=O)O)=C1. The Morgan fingerprint density at radius 1 is 1.23 bits per heavy atom. The number of ketones is 2. The van der Waals surface area contributed by atoms with Crippen molar-refractivity contribution in [3.8, 4) is 0 Å². The Kier molecular flexibility index (Phi) is 2.19. The second-order valence-corrected chi connectivity index (χ2v) is 3.96. The molecule has 5 nitrogen and oxygen atoms in total. The molecule has 6 heteroatoms. The van der Waals surface area contributed by atoms with Gasteiger partial charge in [0.05, 0.1) is 0 Å². The highest BCUT2D eigenvalue weighted by molar-refractivity contribution is 7.91. The van der Waals surface area contributed by atoms with E-state index in [1.165, 1.54) is 6.92 Å². The third kappa shape index (κ3) is 1.90. The molecule has 0 unspecified atom stereocenters. The normalized spacial score (nSPS) is 18.3. The summed E-state index contributed by atoms with van der Waals surface area (Å²) in [6.07, 6.45) is 1.97. The summed E-state index contributed by atoms with van der Waals surface area (Å²) in [5, 5.41) is 0. The van der Waals surface area contributed by atoms with Crippen molar-refractivity contribution in [2.75, 3.05) is 0 Å². The summed E-state index contributed by atoms with van der Waals surface area (Å²) in [5.41, 5.74) is 0.317. The van der Waals surface area contributed by atoms with Crippen LogP contribution in [0, 0.1) is 0 Å². The number of allylic oxidation sites excluding steroid dienone is 4. The monoisotopic (exact) mass is 202 g/mol. The highest BCUT2D eigenvalue weighted by atomic mass is 32.2. The quantitative estimate of drug-likeness (QED) is 0.363. The number of carbonyl (C=O) groups is 2. The fourth-order valence-corrected chi connectivity index (χ4v) is 1.57. The van der Waals surface area contributed by atoms with Gasteiger partial charge in [0, 0.05) is 0 Å². The van der Waals surface area contributed by atoms with E-state index in [-0.39, 0.29) is 0 Å². The number of hydrogen-bond acceptors (Lipinski definition) is 4. The Balaban J connectivity index is 3.34. The third-order valence-corrected chi connectivity index (χ3v) is 2.30. The van der Waals surface area contributed by atoms with Crippen LogP contribution < -0.4 is 0 Å². The van der Waals surface area contributed by atoms with E-state index >= 15 is 0 Å². The lowest BCUT2D eigenvalue weighted by atomic mass is 10.1. The molecule has 13 heavy (non-hydrogen) atoms. The van der Waals surface area contributed by atoms with Crippen LogP contribution in [0.15, 0.2) is 22.6 Å². The van der Waals surface area contributed by atoms with Crippen molar-refractivity contribution in [3.05, 3.63) is 22.6 Å². The predicted molar refractivity (Wildman–Crippen MR) is 43.4 cm³/mol. The first-order valence-electron chi connectivity index (χ1n) is 3.28. The molecule has 0 heterocycles. The lowest BCUT2D eigenvalue weighted by molar-refractivity contribution is -0.131. The van der Waals surface area contributed by atoms with E-state index in [0.717, 1.165) is 12.2 Å². The van der Waals surface area contributed by atoms with Gasteiger partial charge in [-0.1, -0.05) is 0 Å². The van der Waals surface area contributed by atoms with Gasteiger partial charge in [0.15, 0.2) is 0 Å². The molecule has 0 aliphatic heterocycles. The fraction of sp³-hybridized carbons (Fsp3) is 0.143. The van der Waals surface area contributed by atoms with E-state index in [0.29, 0.717) is 5.57 Å². The molecule has 1 aliphatic carbocycles. The molecular weight excluding hydrogens is 196 g/mol. The molecule has 0 aromatic carbocycles. The summed E-state index contributed by atoms with van der Waals surface area (Å²) in [6.45, 7) is 1.45. The molecule has 0 aromatic heterocycles. The van der Waals surface area contributed by atoms with Gasteiger partial charge in [-0.15, -0.1) is 0 Å². The first-order valence-corrected chi connectivity index (χ1v) is 4.72. The van der Waals surface area contributed by atoms with Gasteiger partial charge in [-0.2, -0.15) is 8.42 Å². The first kappa shape index (κ1) is 9.82. The van der Waals surface area contributed by atoms with Gasteiger partial charge in [-0.25, -0.2) is 0 Å². The van der Waals surface area contributed by atoms with Crippen LogP contribution in [0.5, 0.6) is 0 Å². The molecule has 0 atom stereocenters. The summed E-state index contributed by atoms with van der Waals surface area (Å²) in [5.74, 6) is -2.14. The smallest absolute Gasteiger partial charge is 0.286 e. The number of Topliss-reactive ketones (excluding diaryl/α,β-unsaturated/α-hetero) is 1. The number of carbonyl (C=O) groups excluding carboxylic acids is 2. The van der Waals surface area contributed by atoms with Crippen LogP contribution >= 0.6 is 0 Å². The van der Waals surface area contributed by atoms with Gasteiger partial charge in [-0.05, 0) is 24.6 Å². The van der Waals surface area contributed by atoms with Crippen LogP contribution in [0.25, 0.3) is 0 Å². The highest BCUT2D eigenvalue weighted by Gasteiger charge is 2.29. The van der Waals surface area contributed by atoms with Crippen molar-refractivity contribution in [2.45, 2.75) is 6.92 Å². The maximum Gasteiger partial charge on any atom is 0.298 e. The predicted octanol–water partition coefficient (Wildman–Crippen LogP) is -0.144. The van der Waals surface area contributed by atoms with Gasteiger partial charge >= 0.3 is 0 Å². The molecule has 1 rings (SSSR count). The standard InChI is InChI=1S/C7H6O5S/c1-4-2-5(8)7(9)6(3-4)13(10,11)12/h2-3H,1H3,(H,10,11,12). The average Bonchev–Trinajstić information content (AvgIpc) is 1.94. The Hall–Kier alpha value is -1.27. The zero-order valence-corrected chi connectivity index (χ0v) is 7.46. The maximum atomic E-state index is 10.9. The minimum Gasteiger partial charge on any atom is -0.286 e. The van der Waals surface area contributed by atoms with Crippen LogP contribution in [0.1, 0.15) is 6.92 Å². The van der Waals surface area contributed by atoms with E-state index in [2.05, 4.69) is 0 Å². The first-order chi connectivity index (χ1) is 5.82. The van der Waals surface area contributed by atoms with Gasteiger partial charge in [0.2, 0.25) is 11.6 Å². The van der Waals surface area contributed by atoms with Crippen LogP contribution in [0.2, 0.25) is 0 Å². The van der Waals surface area contributed by atoms with E-state index < -0.39 is 26.6 Å². The van der Waals surface area contributed by atoms with Crippen LogP contribution in [-0.2, 0) is 19.7 Å². The van der Waals surface area contributed by atoms with Crippen LogP contribution in [0.3, 0.4) is 0 Å². The topological polar surface area (TPSA) is 88.5 Å². The Bertz CT molecular complexity index is 438. The fourth-order valence-electron chi connectivity index (χ4n) is 0.899. The molecule has 0 saturated heterocycles. The van der Waals surface area contributed by atoms with Gasteiger partial charge < -0.3 is 0 Å². The van der Waals surface area contributed by atoms with Crippen molar-refractivity contribution in [1.82, 2.24) is 0 Å². The molecule has 1 N–H and O–H groups in total. The summed E-state index contributed by atoms with van der Waals surface area (Å²) in [7, 11) is -4.59. The van der Waals surface area contributed by atoms with Crippen LogP contribution in [0.4, 0.5) is 0 Å². The molecule has 70 valence electrons. The summed E-state index contributed by atoms with van der Waals surface area (Å²) >= 11 is 0. The van der Waals surface area contributed by atoms with Crippen molar-refractivity contribution >= 4 is 21.7 Å². The Labute approximate surface area is 74.5 Å². The molecule has 0 saturated carbocycles. The van der Waals surface area contributed by atoms with Crippen LogP contribution in [-0.4, -0.2) is 24.5 Å². The molecule has 1 aliphatic rings. The van der Waals surface area contributed by atoms with Gasteiger partial charge in [0.25, 0.3) is 10.1 Å². The summed E-state index contributed by atoms with van der Waals surface area (Å²) in [6, 6.07) is 0. The second-order valence-electron chi connectivity index (χ2n) is 2.57. The van der Waals surface area contributed by atoms with E-state index in [9.17, 15) is 18.0 Å². The molecular formula is C7H6O5S. The molecule has 0 aromatic rings. The lowest BCUT2D eigenvalue weighted by Gasteiger charge is -2.05. The third-order valence-electron chi connectivity index (χ3n) is 1.44. The second kappa shape index (κ2) is 2.90. The Morgan fingerprint density at radius 2 is 1.77 bits per heavy atom. The van der Waals surface area contributed by atoms with Gasteiger partial charge in [-0.3, -0.25) is 14.1 Å². The molecule has 0 spiro atoms. The maximum absolute atomic E-state index is 10.9. The summed E-state index contributed by atoms with van der Waals surface area (Å²) in [4.78, 5) is 20.9. The van der Waals surface area contributed by atoms with E-state index in [1.54, 1.807) is 0 Å². The zero-order valence-electron chi connectivity index (χ0n) is 6.64. The van der Waals surface area contributed by atoms with Gasteiger partial charge in [0.1, 0.15) is 4.91 Å². The Morgan fingerprint density at radius 3 is 2.23 bits per heavy atom. The van der Waals surface area contributed by atoms with E-state index in [4.69, 9.17) is 4.55 Å². The van der Waals surface area contributed by atoms with E-state index in [1.807, 2.05) is 0 Å². The van der Waals surface area contributed by atoms with Crippen molar-refractivity contribution in [1.29, 1.82) is 0 Å². The van der Waals surface area contributed by atoms with Crippen molar-refractivity contribution in [3.63, 3.8) is 0 Å². The number of rotatable bonds is 1. The lowest BCUT2D eigenvalue weighted by Crippen LogP contribution is -2.22.